The molecule has 1 fully saturated rings. The van der Waals surface area contributed by atoms with E-state index in [1.165, 1.54) is 18.2 Å². The summed E-state index contributed by atoms with van der Waals surface area (Å²) in [7, 11) is 0. The summed E-state index contributed by atoms with van der Waals surface area (Å²) < 4.78 is 0. The van der Waals surface area contributed by atoms with Crippen LogP contribution in [0.2, 0.25) is 0 Å². The van der Waals surface area contributed by atoms with Crippen molar-refractivity contribution in [2.45, 2.75) is 19.3 Å². The third-order valence-electron chi connectivity index (χ3n) is 3.89. The lowest BCUT2D eigenvalue weighted by atomic mass is 9.97. The van der Waals surface area contributed by atoms with Crippen LogP contribution in [-0.4, -0.2) is 29.2 Å². The fourth-order valence-electron chi connectivity index (χ4n) is 2.72. The second-order valence-corrected chi connectivity index (χ2v) is 5.28. The van der Waals surface area contributed by atoms with Crippen LogP contribution in [0.15, 0.2) is 24.3 Å². The molecule has 0 aliphatic heterocycles. The average molecular weight is 293 g/mol. The molecule has 7 heteroatoms. The van der Waals surface area contributed by atoms with Crippen molar-refractivity contribution >= 4 is 17.4 Å². The largest absolute Gasteiger partial charge is 0.396 e. The third-order valence-corrected chi connectivity index (χ3v) is 3.89. The van der Waals surface area contributed by atoms with E-state index in [0.29, 0.717) is 18.2 Å². The first kappa shape index (κ1) is 15.2. The molecular formula is C14H19N3O4. The summed E-state index contributed by atoms with van der Waals surface area (Å²) in [4.78, 5) is 21.9. The summed E-state index contributed by atoms with van der Waals surface area (Å²) in [6, 6.07) is 5.41. The van der Waals surface area contributed by atoms with Crippen molar-refractivity contribution in [2.24, 2.45) is 11.8 Å². The van der Waals surface area contributed by atoms with E-state index in [4.69, 9.17) is 0 Å². The van der Waals surface area contributed by atoms with Crippen LogP contribution in [0.5, 0.6) is 0 Å². The van der Waals surface area contributed by atoms with Gasteiger partial charge in [0.1, 0.15) is 0 Å². The number of carbonyl (C=O) groups excluding carboxylic acids is 1. The highest BCUT2D eigenvalue weighted by molar-refractivity contribution is 5.89. The highest BCUT2D eigenvalue weighted by atomic mass is 16.6. The van der Waals surface area contributed by atoms with Crippen LogP contribution in [0.4, 0.5) is 16.2 Å². The maximum atomic E-state index is 11.8. The zero-order valence-corrected chi connectivity index (χ0v) is 11.6. The Kier molecular flexibility index (Phi) is 5.10. The van der Waals surface area contributed by atoms with E-state index < -0.39 is 4.92 Å². The summed E-state index contributed by atoms with van der Waals surface area (Å²) in [5.74, 6) is 0.550. The Balaban J connectivity index is 1.84. The van der Waals surface area contributed by atoms with E-state index in [9.17, 15) is 20.0 Å². The summed E-state index contributed by atoms with van der Waals surface area (Å²) in [6.07, 6.45) is 3.07. The SMILES string of the molecule is O=C(NCC1CCCC1CO)Nc1cccc([N+](=O)[O-])c1. The van der Waals surface area contributed by atoms with Gasteiger partial charge in [-0.3, -0.25) is 10.1 Å². The lowest BCUT2D eigenvalue weighted by molar-refractivity contribution is -0.384. The Labute approximate surface area is 122 Å². The van der Waals surface area contributed by atoms with Gasteiger partial charge in [0.2, 0.25) is 0 Å². The van der Waals surface area contributed by atoms with Gasteiger partial charge in [0.25, 0.3) is 5.69 Å². The molecule has 0 spiro atoms. The molecule has 114 valence electrons. The van der Waals surface area contributed by atoms with Gasteiger partial charge >= 0.3 is 6.03 Å². The number of benzene rings is 1. The van der Waals surface area contributed by atoms with Gasteiger partial charge in [-0.05, 0) is 30.7 Å². The Hall–Kier alpha value is -2.15. The highest BCUT2D eigenvalue weighted by Crippen LogP contribution is 2.30. The van der Waals surface area contributed by atoms with Crippen molar-refractivity contribution in [3.8, 4) is 0 Å². The molecule has 2 amide bonds. The van der Waals surface area contributed by atoms with Gasteiger partial charge in [-0.15, -0.1) is 0 Å². The van der Waals surface area contributed by atoms with Crippen LogP contribution in [0.25, 0.3) is 0 Å². The molecule has 2 unspecified atom stereocenters. The molecule has 1 aliphatic rings. The van der Waals surface area contributed by atoms with Crippen LogP contribution in [-0.2, 0) is 0 Å². The van der Waals surface area contributed by atoms with Crippen molar-refractivity contribution < 1.29 is 14.8 Å². The molecule has 0 heterocycles. The monoisotopic (exact) mass is 293 g/mol. The Morgan fingerprint density at radius 3 is 2.86 bits per heavy atom. The molecule has 1 aliphatic carbocycles. The van der Waals surface area contributed by atoms with Crippen molar-refractivity contribution in [2.75, 3.05) is 18.5 Å². The van der Waals surface area contributed by atoms with Crippen LogP contribution < -0.4 is 10.6 Å². The number of aliphatic hydroxyl groups excluding tert-OH is 1. The molecule has 2 atom stereocenters. The van der Waals surface area contributed by atoms with E-state index in [0.717, 1.165) is 19.3 Å². The van der Waals surface area contributed by atoms with E-state index in [1.807, 2.05) is 0 Å². The third kappa shape index (κ3) is 4.16. The number of aliphatic hydroxyl groups is 1. The summed E-state index contributed by atoms with van der Waals surface area (Å²) in [5, 5.41) is 25.2. The standard InChI is InChI=1S/C14H19N3O4/c18-9-11-4-1-3-10(11)8-15-14(19)16-12-5-2-6-13(7-12)17(20)21/h2,5-7,10-11,18H,1,3-4,8-9H2,(H2,15,16,19). The maximum Gasteiger partial charge on any atom is 0.319 e. The zero-order chi connectivity index (χ0) is 15.2. The van der Waals surface area contributed by atoms with Crippen LogP contribution in [0.1, 0.15) is 19.3 Å². The van der Waals surface area contributed by atoms with Gasteiger partial charge in [0.15, 0.2) is 0 Å². The van der Waals surface area contributed by atoms with E-state index in [1.54, 1.807) is 6.07 Å². The number of nitrogens with zero attached hydrogens (tertiary/aromatic N) is 1. The number of nitro groups is 1. The molecular weight excluding hydrogens is 274 g/mol. The molecule has 2 rings (SSSR count). The van der Waals surface area contributed by atoms with Crippen LogP contribution >= 0.6 is 0 Å². The zero-order valence-electron chi connectivity index (χ0n) is 11.6. The summed E-state index contributed by atoms with van der Waals surface area (Å²) in [5.41, 5.74) is 0.316. The Bertz CT molecular complexity index is 521. The van der Waals surface area contributed by atoms with Crippen molar-refractivity contribution in [3.05, 3.63) is 34.4 Å². The fourth-order valence-corrected chi connectivity index (χ4v) is 2.72. The number of hydrogen-bond donors (Lipinski definition) is 3. The normalized spacial score (nSPS) is 21.0. The highest BCUT2D eigenvalue weighted by Gasteiger charge is 2.26. The van der Waals surface area contributed by atoms with Gasteiger partial charge in [0, 0.05) is 31.0 Å². The molecule has 1 aromatic rings. The number of nitro benzene ring substituents is 1. The van der Waals surface area contributed by atoms with Gasteiger partial charge < -0.3 is 15.7 Å². The number of anilines is 1. The van der Waals surface area contributed by atoms with Crippen LogP contribution in [0, 0.1) is 22.0 Å². The number of nitrogens with one attached hydrogen (secondary N) is 2. The number of amides is 2. The van der Waals surface area contributed by atoms with E-state index in [2.05, 4.69) is 10.6 Å². The van der Waals surface area contributed by atoms with Crippen molar-refractivity contribution in [1.29, 1.82) is 0 Å². The quantitative estimate of drug-likeness (QED) is 0.571. The second kappa shape index (κ2) is 7.03. The first-order valence-corrected chi connectivity index (χ1v) is 7.00. The molecule has 0 saturated heterocycles. The minimum Gasteiger partial charge on any atom is -0.396 e. The fraction of sp³-hybridized carbons (Fsp3) is 0.500. The predicted molar refractivity (Wildman–Crippen MR) is 78.0 cm³/mol. The average Bonchev–Trinajstić information content (AvgIpc) is 2.93. The summed E-state index contributed by atoms with van der Waals surface area (Å²) in [6.45, 7) is 0.658. The second-order valence-electron chi connectivity index (χ2n) is 5.28. The smallest absolute Gasteiger partial charge is 0.319 e. The number of hydrogen-bond acceptors (Lipinski definition) is 4. The molecule has 1 saturated carbocycles. The van der Waals surface area contributed by atoms with Gasteiger partial charge in [-0.1, -0.05) is 12.5 Å². The molecule has 0 aromatic heterocycles. The maximum absolute atomic E-state index is 11.8. The molecule has 7 nitrogen and oxygen atoms in total. The molecule has 0 bridgehead atoms. The topological polar surface area (TPSA) is 104 Å². The first-order chi connectivity index (χ1) is 10.1. The predicted octanol–water partition coefficient (Wildman–Crippen LogP) is 2.12. The van der Waals surface area contributed by atoms with Gasteiger partial charge in [-0.25, -0.2) is 4.79 Å². The summed E-state index contributed by atoms with van der Waals surface area (Å²) >= 11 is 0. The minimum absolute atomic E-state index is 0.0658. The molecule has 3 N–H and O–H groups in total. The first-order valence-electron chi connectivity index (χ1n) is 7.00. The molecule has 21 heavy (non-hydrogen) atoms. The minimum atomic E-state index is -0.506. The van der Waals surface area contributed by atoms with Crippen molar-refractivity contribution in [3.63, 3.8) is 0 Å². The number of non-ortho nitro benzene ring substituents is 1. The van der Waals surface area contributed by atoms with E-state index >= 15 is 0 Å². The molecule has 1 aromatic carbocycles. The molecule has 0 radical (unpaired) electrons. The van der Waals surface area contributed by atoms with Crippen molar-refractivity contribution in [1.82, 2.24) is 5.32 Å². The number of urea groups is 1. The Morgan fingerprint density at radius 2 is 2.14 bits per heavy atom. The lowest BCUT2D eigenvalue weighted by Crippen LogP contribution is -2.34. The number of carbonyl (C=O) groups is 1. The van der Waals surface area contributed by atoms with Crippen LogP contribution in [0.3, 0.4) is 0 Å². The van der Waals surface area contributed by atoms with Gasteiger partial charge in [0.05, 0.1) is 4.92 Å². The number of rotatable bonds is 5. The lowest BCUT2D eigenvalue weighted by Gasteiger charge is -2.18. The Morgan fingerprint density at radius 1 is 1.38 bits per heavy atom. The van der Waals surface area contributed by atoms with E-state index in [-0.39, 0.29) is 24.2 Å². The van der Waals surface area contributed by atoms with Gasteiger partial charge in [-0.2, -0.15) is 0 Å².